The van der Waals surface area contributed by atoms with Gasteiger partial charge in [0.2, 0.25) is 0 Å². The van der Waals surface area contributed by atoms with Crippen molar-refractivity contribution in [2.24, 2.45) is 0 Å². The first kappa shape index (κ1) is 11.5. The summed E-state index contributed by atoms with van der Waals surface area (Å²) in [6.45, 7) is 2.86. The van der Waals surface area contributed by atoms with Crippen LogP contribution in [-0.2, 0) is 12.3 Å². The zero-order chi connectivity index (χ0) is 10.8. The van der Waals surface area contributed by atoms with E-state index in [1.54, 1.807) is 0 Å². The highest BCUT2D eigenvalue weighted by Crippen LogP contribution is 2.28. The topological polar surface area (TPSA) is 24.9 Å². The molecule has 14 heavy (non-hydrogen) atoms. The maximum Gasteiger partial charge on any atom is 0.287 e. The number of aromatic nitrogens is 1. The Kier molecular flexibility index (Phi) is 3.55. The zero-order valence-electron chi connectivity index (χ0n) is 8.47. The van der Waals surface area contributed by atoms with Crippen molar-refractivity contribution in [3.05, 3.63) is 16.1 Å². The molecule has 0 bridgehead atoms. The van der Waals surface area contributed by atoms with Crippen LogP contribution in [0.2, 0.25) is 0 Å². The minimum absolute atomic E-state index is 0.124. The predicted octanol–water partition coefficient (Wildman–Crippen LogP) is 2.41. The van der Waals surface area contributed by atoms with Crippen molar-refractivity contribution in [1.29, 1.82) is 0 Å². The summed E-state index contributed by atoms with van der Waals surface area (Å²) in [4.78, 5) is 3.90. The highest BCUT2D eigenvalue weighted by Gasteiger charge is 2.27. The van der Waals surface area contributed by atoms with E-state index in [4.69, 9.17) is 0 Å². The maximum absolute atomic E-state index is 12.8. The van der Waals surface area contributed by atoms with Gasteiger partial charge in [-0.3, -0.25) is 0 Å². The van der Waals surface area contributed by atoms with Crippen molar-refractivity contribution in [1.82, 2.24) is 10.3 Å². The van der Waals surface area contributed by atoms with Crippen LogP contribution in [0.4, 0.5) is 8.78 Å². The summed E-state index contributed by atoms with van der Waals surface area (Å²) in [5.41, 5.74) is -0.124. The first-order valence-electron chi connectivity index (χ1n) is 4.43. The number of halogens is 2. The number of hydrogen-bond donors (Lipinski definition) is 1. The van der Waals surface area contributed by atoms with Gasteiger partial charge in [0.05, 0.1) is 5.01 Å². The normalized spacial score (nSPS) is 14.4. The van der Waals surface area contributed by atoms with E-state index in [1.165, 1.54) is 16.7 Å². The third-order valence-corrected chi connectivity index (χ3v) is 2.85. The van der Waals surface area contributed by atoms with Crippen molar-refractivity contribution in [2.45, 2.75) is 32.2 Å². The molecule has 0 aliphatic heterocycles. The van der Waals surface area contributed by atoms with Crippen LogP contribution in [0.15, 0.2) is 5.38 Å². The molecule has 0 saturated heterocycles. The molecule has 1 atom stereocenters. The Balaban J connectivity index is 2.69. The van der Waals surface area contributed by atoms with E-state index in [1.807, 2.05) is 14.0 Å². The third-order valence-electron chi connectivity index (χ3n) is 1.98. The lowest BCUT2D eigenvalue weighted by Gasteiger charge is -2.07. The number of alkyl halides is 2. The number of likely N-dealkylation sites (N-methyl/N-ethyl adjacent to an activating group) is 1. The molecule has 2 nitrogen and oxygen atoms in total. The van der Waals surface area contributed by atoms with E-state index >= 15 is 0 Å². The molecule has 0 aliphatic rings. The number of rotatable bonds is 4. The van der Waals surface area contributed by atoms with Gasteiger partial charge >= 0.3 is 0 Å². The first-order chi connectivity index (χ1) is 6.43. The zero-order valence-corrected chi connectivity index (χ0v) is 9.29. The molecule has 1 aromatic rings. The Bertz CT molecular complexity index is 293. The van der Waals surface area contributed by atoms with E-state index in [-0.39, 0.29) is 11.7 Å². The monoisotopic (exact) mass is 220 g/mol. The van der Waals surface area contributed by atoms with Crippen molar-refractivity contribution in [3.63, 3.8) is 0 Å². The Morgan fingerprint density at radius 2 is 2.29 bits per heavy atom. The Hall–Kier alpha value is -0.550. The maximum atomic E-state index is 12.8. The lowest BCUT2D eigenvalue weighted by atomic mass is 10.2. The molecule has 0 saturated carbocycles. The summed E-state index contributed by atoms with van der Waals surface area (Å²) < 4.78 is 25.6. The number of nitrogens with zero attached hydrogens (tertiary/aromatic N) is 1. The molecule has 1 aromatic heterocycles. The summed E-state index contributed by atoms with van der Waals surface area (Å²) >= 11 is 1.29. The quantitative estimate of drug-likeness (QED) is 0.842. The van der Waals surface area contributed by atoms with Crippen molar-refractivity contribution >= 4 is 11.3 Å². The Labute approximate surface area is 86.4 Å². The summed E-state index contributed by atoms with van der Waals surface area (Å²) in [6, 6.07) is 0.263. The van der Waals surface area contributed by atoms with Gasteiger partial charge in [-0.15, -0.1) is 11.3 Å². The van der Waals surface area contributed by atoms with E-state index in [0.717, 1.165) is 11.9 Å². The minimum atomic E-state index is -2.82. The minimum Gasteiger partial charge on any atom is -0.317 e. The molecule has 1 unspecified atom stereocenters. The Morgan fingerprint density at radius 1 is 1.64 bits per heavy atom. The fourth-order valence-electron chi connectivity index (χ4n) is 0.970. The summed E-state index contributed by atoms with van der Waals surface area (Å²) in [5.74, 6) is -2.82. The van der Waals surface area contributed by atoms with Crippen LogP contribution in [0.25, 0.3) is 0 Å². The van der Waals surface area contributed by atoms with Gasteiger partial charge in [0.15, 0.2) is 0 Å². The standard InChI is InChI=1S/C9H14F2N2S/c1-6(12-3)4-8-13-7(5-14-8)9(2,10)11/h5-6,12H,4H2,1-3H3. The van der Waals surface area contributed by atoms with Gasteiger partial charge in [0, 0.05) is 24.8 Å². The number of hydrogen-bond acceptors (Lipinski definition) is 3. The third kappa shape index (κ3) is 2.99. The van der Waals surface area contributed by atoms with Gasteiger partial charge in [-0.2, -0.15) is 8.78 Å². The van der Waals surface area contributed by atoms with Gasteiger partial charge in [0.25, 0.3) is 5.92 Å². The van der Waals surface area contributed by atoms with Crippen LogP contribution in [-0.4, -0.2) is 18.1 Å². The average molecular weight is 220 g/mol. The largest absolute Gasteiger partial charge is 0.317 e. The molecule has 0 fully saturated rings. The van der Waals surface area contributed by atoms with Crippen LogP contribution >= 0.6 is 11.3 Å². The second kappa shape index (κ2) is 4.31. The lowest BCUT2D eigenvalue weighted by molar-refractivity contribution is 0.0132. The fraction of sp³-hybridized carbons (Fsp3) is 0.667. The number of nitrogens with one attached hydrogen (secondary N) is 1. The fourth-order valence-corrected chi connectivity index (χ4v) is 1.97. The first-order valence-corrected chi connectivity index (χ1v) is 5.31. The molecule has 0 radical (unpaired) electrons. The highest BCUT2D eigenvalue weighted by atomic mass is 32.1. The Morgan fingerprint density at radius 3 is 2.71 bits per heavy atom. The van der Waals surface area contributed by atoms with Crippen LogP contribution in [0.5, 0.6) is 0 Å². The molecule has 0 aliphatic carbocycles. The molecular formula is C9H14F2N2S. The second-order valence-corrected chi connectivity index (χ2v) is 4.35. The van der Waals surface area contributed by atoms with E-state index < -0.39 is 5.92 Å². The predicted molar refractivity (Wildman–Crippen MR) is 53.9 cm³/mol. The molecule has 0 spiro atoms. The van der Waals surface area contributed by atoms with Gasteiger partial charge < -0.3 is 5.32 Å². The van der Waals surface area contributed by atoms with Crippen molar-refractivity contribution in [3.8, 4) is 0 Å². The molecule has 5 heteroatoms. The van der Waals surface area contributed by atoms with Crippen LogP contribution in [0.1, 0.15) is 24.5 Å². The molecule has 0 amide bonds. The van der Waals surface area contributed by atoms with Gasteiger partial charge in [-0.05, 0) is 14.0 Å². The lowest BCUT2D eigenvalue weighted by Crippen LogP contribution is -2.23. The van der Waals surface area contributed by atoms with Gasteiger partial charge in [-0.25, -0.2) is 4.98 Å². The highest BCUT2D eigenvalue weighted by molar-refractivity contribution is 7.09. The molecular weight excluding hydrogens is 206 g/mol. The molecule has 80 valence electrons. The number of thiazole rings is 1. The summed E-state index contributed by atoms with van der Waals surface area (Å²) in [7, 11) is 1.84. The molecule has 1 rings (SSSR count). The smallest absolute Gasteiger partial charge is 0.287 e. The summed E-state index contributed by atoms with van der Waals surface area (Å²) in [6.07, 6.45) is 0.692. The van der Waals surface area contributed by atoms with Crippen LogP contribution in [0.3, 0.4) is 0 Å². The van der Waals surface area contributed by atoms with Gasteiger partial charge in [0.1, 0.15) is 5.69 Å². The van der Waals surface area contributed by atoms with Crippen LogP contribution in [0, 0.1) is 0 Å². The second-order valence-electron chi connectivity index (χ2n) is 3.41. The molecule has 0 aromatic carbocycles. The van der Waals surface area contributed by atoms with Crippen LogP contribution < -0.4 is 5.32 Å². The van der Waals surface area contributed by atoms with E-state index in [0.29, 0.717) is 6.42 Å². The SMILES string of the molecule is CNC(C)Cc1nc(C(C)(F)F)cs1. The molecule has 1 N–H and O–H groups in total. The average Bonchev–Trinajstić information content (AvgIpc) is 2.51. The van der Waals surface area contributed by atoms with E-state index in [2.05, 4.69) is 10.3 Å². The van der Waals surface area contributed by atoms with E-state index in [9.17, 15) is 8.78 Å². The van der Waals surface area contributed by atoms with Crippen molar-refractivity contribution < 1.29 is 8.78 Å². The molecule has 1 heterocycles. The van der Waals surface area contributed by atoms with Gasteiger partial charge in [-0.1, -0.05) is 0 Å². The van der Waals surface area contributed by atoms with Crippen molar-refractivity contribution in [2.75, 3.05) is 7.05 Å². The summed E-state index contributed by atoms with van der Waals surface area (Å²) in [5, 5.41) is 5.22.